The van der Waals surface area contributed by atoms with Crippen molar-refractivity contribution in [1.82, 2.24) is 19.7 Å². The third kappa shape index (κ3) is 3.38. The van der Waals surface area contributed by atoms with Gasteiger partial charge in [-0.3, -0.25) is 9.67 Å². The zero-order valence-electron chi connectivity index (χ0n) is 11.3. The molecule has 5 nitrogen and oxygen atoms in total. The Kier molecular flexibility index (Phi) is 5.15. The van der Waals surface area contributed by atoms with E-state index in [-0.39, 0.29) is 0 Å². The molecule has 2 rings (SSSR count). The summed E-state index contributed by atoms with van der Waals surface area (Å²) in [6, 6.07) is 3.63. The third-order valence-corrected chi connectivity index (χ3v) is 3.86. The summed E-state index contributed by atoms with van der Waals surface area (Å²) in [6.45, 7) is 1.46. The summed E-state index contributed by atoms with van der Waals surface area (Å²) >= 11 is 9.55. The molecule has 7 heteroatoms. The topological polar surface area (TPSA) is 54.2 Å². The molecule has 1 unspecified atom stereocenters. The molecule has 0 radical (unpaired) electrons. The SMILES string of the molecule is CN(C)CCn1ncc(Cl)c1C(O)c1ncccc1Br. The van der Waals surface area contributed by atoms with E-state index in [1.54, 1.807) is 23.1 Å². The molecule has 20 heavy (non-hydrogen) atoms. The van der Waals surface area contributed by atoms with Gasteiger partial charge in [-0.25, -0.2) is 0 Å². The van der Waals surface area contributed by atoms with Crippen molar-refractivity contribution in [2.24, 2.45) is 0 Å². The molecule has 0 saturated heterocycles. The lowest BCUT2D eigenvalue weighted by Gasteiger charge is -2.16. The van der Waals surface area contributed by atoms with Gasteiger partial charge in [0.1, 0.15) is 6.10 Å². The standard InChI is InChI=1S/C13H16BrClN4O/c1-18(2)6-7-19-12(10(15)8-17-19)13(20)11-9(14)4-3-5-16-11/h3-5,8,13,20H,6-7H2,1-2H3. The van der Waals surface area contributed by atoms with Gasteiger partial charge in [-0.2, -0.15) is 5.10 Å². The first-order valence-corrected chi connectivity index (χ1v) is 7.32. The Bertz CT molecular complexity index is 588. The molecule has 0 spiro atoms. The van der Waals surface area contributed by atoms with E-state index in [9.17, 15) is 5.11 Å². The van der Waals surface area contributed by atoms with E-state index in [4.69, 9.17) is 11.6 Å². The fraction of sp³-hybridized carbons (Fsp3) is 0.385. The van der Waals surface area contributed by atoms with Crippen LogP contribution in [0.3, 0.4) is 0 Å². The second-order valence-corrected chi connectivity index (χ2v) is 5.94. The first kappa shape index (κ1) is 15.4. The Morgan fingerprint density at radius 3 is 2.90 bits per heavy atom. The average molecular weight is 360 g/mol. The normalized spacial score (nSPS) is 12.9. The molecule has 0 saturated carbocycles. The highest BCUT2D eigenvalue weighted by molar-refractivity contribution is 9.10. The molecule has 1 N–H and O–H groups in total. The van der Waals surface area contributed by atoms with E-state index in [2.05, 4.69) is 26.0 Å². The van der Waals surface area contributed by atoms with Gasteiger partial charge in [0.15, 0.2) is 0 Å². The molecule has 0 aliphatic rings. The quantitative estimate of drug-likeness (QED) is 0.890. The van der Waals surface area contributed by atoms with Crippen LogP contribution in [0.4, 0.5) is 0 Å². The van der Waals surface area contributed by atoms with Crippen LogP contribution in [0.25, 0.3) is 0 Å². The summed E-state index contributed by atoms with van der Waals surface area (Å²) in [5.74, 6) is 0. The van der Waals surface area contributed by atoms with Crippen LogP contribution in [0.2, 0.25) is 5.02 Å². The molecule has 0 aliphatic carbocycles. The van der Waals surface area contributed by atoms with E-state index in [1.807, 2.05) is 25.1 Å². The summed E-state index contributed by atoms with van der Waals surface area (Å²) in [5.41, 5.74) is 1.09. The lowest BCUT2D eigenvalue weighted by Crippen LogP contribution is -2.21. The first-order chi connectivity index (χ1) is 9.50. The van der Waals surface area contributed by atoms with Crippen LogP contribution in [-0.4, -0.2) is 45.4 Å². The summed E-state index contributed by atoms with van der Waals surface area (Å²) in [7, 11) is 3.97. The lowest BCUT2D eigenvalue weighted by molar-refractivity contribution is 0.200. The Morgan fingerprint density at radius 1 is 1.50 bits per heavy atom. The maximum atomic E-state index is 10.5. The van der Waals surface area contributed by atoms with Crippen LogP contribution in [0, 0.1) is 0 Å². The molecule has 0 fully saturated rings. The van der Waals surface area contributed by atoms with E-state index in [0.29, 0.717) is 23.0 Å². The van der Waals surface area contributed by atoms with Crippen LogP contribution < -0.4 is 0 Å². The number of aliphatic hydroxyl groups is 1. The average Bonchev–Trinajstić information content (AvgIpc) is 2.77. The second kappa shape index (κ2) is 6.67. The van der Waals surface area contributed by atoms with E-state index < -0.39 is 6.10 Å². The maximum absolute atomic E-state index is 10.5. The van der Waals surface area contributed by atoms with Crippen LogP contribution >= 0.6 is 27.5 Å². The monoisotopic (exact) mass is 358 g/mol. The van der Waals surface area contributed by atoms with Gasteiger partial charge in [0.05, 0.1) is 29.2 Å². The lowest BCUT2D eigenvalue weighted by atomic mass is 10.1. The smallest absolute Gasteiger partial charge is 0.140 e. The van der Waals surface area contributed by atoms with Crippen molar-refractivity contribution in [1.29, 1.82) is 0 Å². The molecule has 2 aromatic rings. The predicted molar refractivity (Wildman–Crippen MR) is 81.8 cm³/mol. The number of aliphatic hydroxyl groups excluding tert-OH is 1. The third-order valence-electron chi connectivity index (χ3n) is 2.90. The minimum Gasteiger partial charge on any atom is -0.380 e. The summed E-state index contributed by atoms with van der Waals surface area (Å²) in [6.07, 6.45) is 2.27. The van der Waals surface area contributed by atoms with E-state index >= 15 is 0 Å². The number of nitrogens with zero attached hydrogens (tertiary/aromatic N) is 4. The van der Waals surface area contributed by atoms with Crippen molar-refractivity contribution in [3.8, 4) is 0 Å². The van der Waals surface area contributed by atoms with Gasteiger partial charge in [-0.15, -0.1) is 0 Å². The van der Waals surface area contributed by atoms with Crippen molar-refractivity contribution < 1.29 is 5.11 Å². The molecule has 2 heterocycles. The molecular weight excluding hydrogens is 344 g/mol. The molecule has 2 aromatic heterocycles. The Labute approximate surface area is 131 Å². The number of halogens is 2. The van der Waals surface area contributed by atoms with Crippen LogP contribution in [-0.2, 0) is 6.54 Å². The summed E-state index contributed by atoms with van der Waals surface area (Å²) in [4.78, 5) is 6.25. The maximum Gasteiger partial charge on any atom is 0.140 e. The van der Waals surface area contributed by atoms with E-state index in [1.165, 1.54) is 0 Å². The van der Waals surface area contributed by atoms with Crippen LogP contribution in [0.1, 0.15) is 17.5 Å². The van der Waals surface area contributed by atoms with Gasteiger partial charge >= 0.3 is 0 Å². The van der Waals surface area contributed by atoms with Gasteiger partial charge in [-0.1, -0.05) is 11.6 Å². The predicted octanol–water partition coefficient (Wildman–Crippen LogP) is 2.34. The number of aromatic nitrogens is 3. The largest absolute Gasteiger partial charge is 0.380 e. The molecule has 1 atom stereocenters. The van der Waals surface area contributed by atoms with Crippen molar-refractivity contribution >= 4 is 27.5 Å². The number of hydrogen-bond donors (Lipinski definition) is 1. The fourth-order valence-electron chi connectivity index (χ4n) is 1.85. The molecule has 0 bridgehead atoms. The zero-order chi connectivity index (χ0) is 14.7. The highest BCUT2D eigenvalue weighted by Crippen LogP contribution is 2.30. The zero-order valence-corrected chi connectivity index (χ0v) is 13.6. The molecular formula is C13H16BrClN4O. The van der Waals surface area contributed by atoms with Crippen molar-refractivity contribution in [3.63, 3.8) is 0 Å². The highest BCUT2D eigenvalue weighted by atomic mass is 79.9. The summed E-state index contributed by atoms with van der Waals surface area (Å²) < 4.78 is 2.46. The Morgan fingerprint density at radius 2 is 2.25 bits per heavy atom. The summed E-state index contributed by atoms with van der Waals surface area (Å²) in [5, 5.41) is 15.2. The van der Waals surface area contributed by atoms with Crippen molar-refractivity contribution in [2.45, 2.75) is 12.6 Å². The van der Waals surface area contributed by atoms with Gasteiger partial charge in [-0.05, 0) is 42.2 Å². The Hall–Kier alpha value is -0.950. The van der Waals surface area contributed by atoms with Gasteiger partial charge < -0.3 is 10.0 Å². The second-order valence-electron chi connectivity index (χ2n) is 4.68. The number of rotatable bonds is 5. The minimum atomic E-state index is -0.914. The number of pyridine rings is 1. The van der Waals surface area contributed by atoms with Crippen LogP contribution in [0.5, 0.6) is 0 Å². The Balaban J connectivity index is 2.32. The fourth-order valence-corrected chi connectivity index (χ4v) is 2.56. The molecule has 0 amide bonds. The van der Waals surface area contributed by atoms with Gasteiger partial charge in [0.25, 0.3) is 0 Å². The van der Waals surface area contributed by atoms with Gasteiger partial charge in [0, 0.05) is 17.2 Å². The van der Waals surface area contributed by atoms with Crippen LogP contribution in [0.15, 0.2) is 29.0 Å². The molecule has 0 aromatic carbocycles. The first-order valence-electron chi connectivity index (χ1n) is 6.15. The number of hydrogen-bond acceptors (Lipinski definition) is 4. The van der Waals surface area contributed by atoms with Crippen molar-refractivity contribution in [2.75, 3.05) is 20.6 Å². The van der Waals surface area contributed by atoms with Crippen molar-refractivity contribution in [3.05, 3.63) is 45.4 Å². The van der Waals surface area contributed by atoms with Gasteiger partial charge in [0.2, 0.25) is 0 Å². The number of likely N-dealkylation sites (N-methyl/N-ethyl adjacent to an activating group) is 1. The minimum absolute atomic E-state index is 0.439. The van der Waals surface area contributed by atoms with E-state index in [0.717, 1.165) is 11.0 Å². The molecule has 0 aliphatic heterocycles. The highest BCUT2D eigenvalue weighted by Gasteiger charge is 2.22. The molecule has 108 valence electrons.